The third-order valence-electron chi connectivity index (χ3n) is 3.32. The first-order valence-corrected chi connectivity index (χ1v) is 6.16. The van der Waals surface area contributed by atoms with Crippen molar-refractivity contribution in [2.24, 2.45) is 5.92 Å². The Labute approximate surface area is 106 Å². The largest absolute Gasteiger partial charge is 0.393 e. The van der Waals surface area contributed by atoms with Gasteiger partial charge < -0.3 is 5.11 Å². The molecule has 0 radical (unpaired) electrons. The van der Waals surface area contributed by atoms with Crippen LogP contribution >= 0.6 is 0 Å². The van der Waals surface area contributed by atoms with Crippen LogP contribution in [0.2, 0.25) is 0 Å². The minimum absolute atomic E-state index is 0.152. The maximum absolute atomic E-state index is 11.8. The maximum atomic E-state index is 11.8. The van der Waals surface area contributed by atoms with Gasteiger partial charge in [-0.3, -0.25) is 14.5 Å². The SMILES string of the molecule is CC(O)C1CN(C(=O)CCc2ccccc2)C1=O. The smallest absolute Gasteiger partial charge is 0.236 e. The third kappa shape index (κ3) is 2.59. The molecule has 2 rings (SSSR count). The van der Waals surface area contributed by atoms with Gasteiger partial charge in [-0.15, -0.1) is 0 Å². The summed E-state index contributed by atoms with van der Waals surface area (Å²) in [6.45, 7) is 1.93. The number of carbonyl (C=O) groups is 2. The Kier molecular flexibility index (Phi) is 3.77. The Bertz CT molecular complexity index is 442. The molecule has 1 fully saturated rings. The zero-order valence-corrected chi connectivity index (χ0v) is 10.4. The fourth-order valence-corrected chi connectivity index (χ4v) is 2.07. The second-order valence-electron chi connectivity index (χ2n) is 4.68. The van der Waals surface area contributed by atoms with Crippen molar-refractivity contribution in [3.8, 4) is 0 Å². The van der Waals surface area contributed by atoms with Gasteiger partial charge in [0.05, 0.1) is 12.0 Å². The molecule has 1 aliphatic heterocycles. The molecule has 0 saturated carbocycles. The fourth-order valence-electron chi connectivity index (χ4n) is 2.07. The molecule has 1 N–H and O–H groups in total. The maximum Gasteiger partial charge on any atom is 0.236 e. The first-order chi connectivity index (χ1) is 8.59. The van der Waals surface area contributed by atoms with Crippen molar-refractivity contribution in [2.45, 2.75) is 25.9 Å². The number of hydrogen-bond donors (Lipinski definition) is 1. The van der Waals surface area contributed by atoms with Crippen molar-refractivity contribution in [1.82, 2.24) is 4.90 Å². The van der Waals surface area contributed by atoms with Crippen LogP contribution in [0.25, 0.3) is 0 Å². The molecule has 4 nitrogen and oxygen atoms in total. The van der Waals surface area contributed by atoms with E-state index < -0.39 is 12.0 Å². The summed E-state index contributed by atoms with van der Waals surface area (Å²) in [7, 11) is 0. The van der Waals surface area contributed by atoms with Gasteiger partial charge in [0.15, 0.2) is 0 Å². The van der Waals surface area contributed by atoms with Gasteiger partial charge in [-0.25, -0.2) is 0 Å². The average Bonchev–Trinajstić information content (AvgIpc) is 2.35. The number of hydrogen-bond acceptors (Lipinski definition) is 3. The summed E-state index contributed by atoms with van der Waals surface area (Å²) < 4.78 is 0. The van der Waals surface area contributed by atoms with Crippen molar-refractivity contribution in [2.75, 3.05) is 6.54 Å². The molecule has 1 heterocycles. The number of β-lactam (4-membered cyclic amide) rings is 1. The van der Waals surface area contributed by atoms with Crippen LogP contribution in [0.3, 0.4) is 0 Å². The molecule has 0 aromatic heterocycles. The van der Waals surface area contributed by atoms with Crippen molar-refractivity contribution < 1.29 is 14.7 Å². The van der Waals surface area contributed by atoms with Gasteiger partial charge in [-0.2, -0.15) is 0 Å². The average molecular weight is 247 g/mol. The lowest BCUT2D eigenvalue weighted by atomic mass is 9.93. The Hall–Kier alpha value is -1.68. The molecule has 0 bridgehead atoms. The number of benzene rings is 1. The van der Waals surface area contributed by atoms with E-state index in [9.17, 15) is 14.7 Å². The van der Waals surface area contributed by atoms with Crippen LogP contribution in [0.4, 0.5) is 0 Å². The molecule has 2 atom stereocenters. The standard InChI is InChI=1S/C14H17NO3/c1-10(16)12-9-15(14(12)18)13(17)8-7-11-5-3-2-4-6-11/h2-6,10,12,16H,7-9H2,1H3. The van der Waals surface area contributed by atoms with Crippen LogP contribution in [0, 0.1) is 5.92 Å². The van der Waals surface area contributed by atoms with E-state index in [-0.39, 0.29) is 11.8 Å². The zero-order chi connectivity index (χ0) is 13.1. The van der Waals surface area contributed by atoms with E-state index in [4.69, 9.17) is 0 Å². The van der Waals surface area contributed by atoms with Crippen LogP contribution in [0.15, 0.2) is 30.3 Å². The van der Waals surface area contributed by atoms with E-state index in [1.165, 1.54) is 4.90 Å². The lowest BCUT2D eigenvalue weighted by Gasteiger charge is -2.38. The van der Waals surface area contributed by atoms with Crippen LogP contribution in [0.1, 0.15) is 18.9 Å². The van der Waals surface area contributed by atoms with Gasteiger partial charge in [0.25, 0.3) is 0 Å². The quantitative estimate of drug-likeness (QED) is 0.807. The van der Waals surface area contributed by atoms with Gasteiger partial charge >= 0.3 is 0 Å². The molecular formula is C14H17NO3. The minimum atomic E-state index is -0.671. The number of aliphatic hydroxyl groups is 1. The Balaban J connectivity index is 1.82. The molecule has 1 saturated heterocycles. The molecule has 1 aliphatic rings. The number of carbonyl (C=O) groups excluding carboxylic acids is 2. The highest BCUT2D eigenvalue weighted by Crippen LogP contribution is 2.22. The Morgan fingerprint density at radius 1 is 1.44 bits per heavy atom. The van der Waals surface area contributed by atoms with Gasteiger partial charge in [-0.1, -0.05) is 30.3 Å². The van der Waals surface area contributed by atoms with Crippen molar-refractivity contribution >= 4 is 11.8 Å². The summed E-state index contributed by atoms with van der Waals surface area (Å²) in [6, 6.07) is 9.71. The van der Waals surface area contributed by atoms with Crippen LogP contribution in [-0.4, -0.2) is 34.5 Å². The predicted molar refractivity (Wildman–Crippen MR) is 66.7 cm³/mol. The van der Waals surface area contributed by atoms with E-state index in [0.29, 0.717) is 19.4 Å². The lowest BCUT2D eigenvalue weighted by molar-refractivity contribution is -0.163. The van der Waals surface area contributed by atoms with E-state index in [1.54, 1.807) is 6.92 Å². The van der Waals surface area contributed by atoms with Crippen molar-refractivity contribution in [3.63, 3.8) is 0 Å². The van der Waals surface area contributed by atoms with E-state index in [0.717, 1.165) is 5.56 Å². The number of amides is 2. The monoisotopic (exact) mass is 247 g/mol. The van der Waals surface area contributed by atoms with Crippen molar-refractivity contribution in [3.05, 3.63) is 35.9 Å². The van der Waals surface area contributed by atoms with Gasteiger partial charge in [0.1, 0.15) is 0 Å². The fraction of sp³-hybridized carbons (Fsp3) is 0.429. The summed E-state index contributed by atoms with van der Waals surface area (Å²) in [4.78, 5) is 24.6. The molecule has 0 spiro atoms. The lowest BCUT2D eigenvalue weighted by Crippen LogP contribution is -2.58. The van der Waals surface area contributed by atoms with Gasteiger partial charge in [0.2, 0.25) is 11.8 Å². The van der Waals surface area contributed by atoms with E-state index in [1.807, 2.05) is 30.3 Å². The molecule has 4 heteroatoms. The molecule has 1 aromatic carbocycles. The minimum Gasteiger partial charge on any atom is -0.393 e. The van der Waals surface area contributed by atoms with Gasteiger partial charge in [-0.05, 0) is 18.9 Å². The number of imide groups is 1. The van der Waals surface area contributed by atoms with Crippen LogP contribution in [-0.2, 0) is 16.0 Å². The van der Waals surface area contributed by atoms with E-state index >= 15 is 0 Å². The topological polar surface area (TPSA) is 57.6 Å². The van der Waals surface area contributed by atoms with Gasteiger partial charge in [0, 0.05) is 13.0 Å². The summed E-state index contributed by atoms with van der Waals surface area (Å²) in [5.41, 5.74) is 1.09. The van der Waals surface area contributed by atoms with Crippen LogP contribution in [0.5, 0.6) is 0 Å². The molecule has 96 valence electrons. The number of aliphatic hydroxyl groups excluding tert-OH is 1. The molecule has 0 aliphatic carbocycles. The number of nitrogens with zero attached hydrogens (tertiary/aromatic N) is 1. The molecule has 18 heavy (non-hydrogen) atoms. The normalized spacial score (nSPS) is 20.4. The molecule has 1 aromatic rings. The van der Waals surface area contributed by atoms with E-state index in [2.05, 4.69) is 0 Å². The van der Waals surface area contributed by atoms with Crippen LogP contribution < -0.4 is 0 Å². The number of likely N-dealkylation sites (tertiary alicyclic amines) is 1. The highest BCUT2D eigenvalue weighted by molar-refractivity contribution is 6.01. The zero-order valence-electron chi connectivity index (χ0n) is 10.4. The second kappa shape index (κ2) is 5.31. The summed E-state index contributed by atoms with van der Waals surface area (Å²) >= 11 is 0. The summed E-state index contributed by atoms with van der Waals surface area (Å²) in [5, 5.41) is 9.29. The highest BCUT2D eigenvalue weighted by Gasteiger charge is 2.42. The first-order valence-electron chi connectivity index (χ1n) is 6.16. The summed E-state index contributed by atoms with van der Waals surface area (Å²) in [6.07, 6.45) is 0.307. The third-order valence-corrected chi connectivity index (χ3v) is 3.32. The molecule has 2 amide bonds. The molecule has 2 unspecified atom stereocenters. The second-order valence-corrected chi connectivity index (χ2v) is 4.68. The predicted octanol–water partition coefficient (Wildman–Crippen LogP) is 0.985. The Morgan fingerprint density at radius 3 is 2.67 bits per heavy atom. The number of rotatable bonds is 4. The molecular weight excluding hydrogens is 230 g/mol. The summed E-state index contributed by atoms with van der Waals surface area (Å²) in [5.74, 6) is -0.797. The highest BCUT2D eigenvalue weighted by atomic mass is 16.3. The first kappa shape index (κ1) is 12.8. The van der Waals surface area contributed by atoms with Crippen molar-refractivity contribution in [1.29, 1.82) is 0 Å². The Morgan fingerprint density at radius 2 is 2.11 bits per heavy atom. The number of aryl methyl sites for hydroxylation is 1.